The molecule has 0 spiro atoms. The van der Waals surface area contributed by atoms with Crippen LogP contribution in [-0.4, -0.2) is 43.5 Å². The molecule has 3 rings (SSSR count). The van der Waals surface area contributed by atoms with Gasteiger partial charge in [-0.2, -0.15) is 0 Å². The molecule has 2 aromatic rings. The molecule has 0 saturated carbocycles. The summed E-state index contributed by atoms with van der Waals surface area (Å²) in [6.07, 6.45) is -0.791. The van der Waals surface area contributed by atoms with Crippen molar-refractivity contribution in [2.75, 3.05) is 24.7 Å². The highest BCUT2D eigenvalue weighted by Crippen LogP contribution is 2.33. The van der Waals surface area contributed by atoms with E-state index in [1.54, 1.807) is 61.2 Å². The first-order valence-corrected chi connectivity index (χ1v) is 9.49. The Morgan fingerprint density at radius 2 is 1.93 bits per heavy atom. The number of benzene rings is 2. The number of likely N-dealkylation sites (N-methyl/N-ethyl adjacent to an activating group) is 1. The first-order chi connectivity index (χ1) is 13.9. The number of carbonyl (C=O) groups excluding carboxylic acids is 3. The monoisotopic (exact) mass is 397 g/mol. The third-order valence-corrected chi connectivity index (χ3v) is 4.53. The minimum atomic E-state index is -0.791. The van der Waals surface area contributed by atoms with Gasteiger partial charge in [0.1, 0.15) is 11.5 Å². The van der Waals surface area contributed by atoms with Crippen molar-refractivity contribution in [1.29, 1.82) is 0 Å². The maximum atomic E-state index is 12.9. The van der Waals surface area contributed by atoms with Crippen LogP contribution in [-0.2, 0) is 9.53 Å². The molecule has 0 N–H and O–H groups in total. The van der Waals surface area contributed by atoms with Gasteiger partial charge in [-0.25, -0.2) is 4.79 Å². The van der Waals surface area contributed by atoms with E-state index in [1.807, 2.05) is 6.92 Å². The highest BCUT2D eigenvalue weighted by molar-refractivity contribution is 6.03. The lowest BCUT2D eigenvalue weighted by Gasteiger charge is -2.28. The molecule has 1 aliphatic heterocycles. The van der Waals surface area contributed by atoms with E-state index in [9.17, 15) is 14.4 Å². The number of carbonyl (C=O) groups is 3. The molecule has 0 fully saturated rings. The Labute approximate surface area is 169 Å². The van der Waals surface area contributed by atoms with E-state index in [-0.39, 0.29) is 24.9 Å². The SMILES string of the molecule is CCOC(=O)c1cccc(OC(C)C(=O)c2ccc3c(c2)N(CC)C(=O)CO3)c1. The van der Waals surface area contributed by atoms with Crippen LogP contribution in [0.15, 0.2) is 42.5 Å². The van der Waals surface area contributed by atoms with Crippen molar-refractivity contribution >= 4 is 23.3 Å². The molecule has 2 aromatic carbocycles. The normalized spacial score (nSPS) is 13.9. The topological polar surface area (TPSA) is 82.1 Å². The van der Waals surface area contributed by atoms with Crippen molar-refractivity contribution in [3.05, 3.63) is 53.6 Å². The van der Waals surface area contributed by atoms with Crippen molar-refractivity contribution in [3.8, 4) is 11.5 Å². The minimum Gasteiger partial charge on any atom is -0.483 e. The van der Waals surface area contributed by atoms with Crippen LogP contribution in [0.25, 0.3) is 0 Å². The highest BCUT2D eigenvalue weighted by Gasteiger charge is 2.26. The zero-order chi connectivity index (χ0) is 21.0. The van der Waals surface area contributed by atoms with Gasteiger partial charge in [0.05, 0.1) is 17.9 Å². The molecule has 0 saturated heterocycles. The summed E-state index contributed by atoms with van der Waals surface area (Å²) >= 11 is 0. The van der Waals surface area contributed by atoms with E-state index in [0.29, 0.717) is 34.9 Å². The first kappa shape index (κ1) is 20.4. The van der Waals surface area contributed by atoms with E-state index in [2.05, 4.69) is 0 Å². The molecule has 1 unspecified atom stereocenters. The van der Waals surface area contributed by atoms with Gasteiger partial charge in [-0.05, 0) is 57.2 Å². The molecule has 7 nitrogen and oxygen atoms in total. The van der Waals surface area contributed by atoms with E-state index in [1.165, 1.54) is 0 Å². The predicted molar refractivity (Wildman–Crippen MR) is 107 cm³/mol. The summed E-state index contributed by atoms with van der Waals surface area (Å²) in [5.41, 5.74) is 1.34. The number of rotatable bonds is 7. The predicted octanol–water partition coefficient (Wildman–Crippen LogP) is 3.26. The Kier molecular flexibility index (Phi) is 6.16. The smallest absolute Gasteiger partial charge is 0.338 e. The van der Waals surface area contributed by atoms with Crippen LogP contribution in [0.4, 0.5) is 5.69 Å². The van der Waals surface area contributed by atoms with Crippen LogP contribution in [0.3, 0.4) is 0 Å². The molecule has 1 amide bonds. The number of ketones is 1. The van der Waals surface area contributed by atoms with Gasteiger partial charge < -0.3 is 19.1 Å². The number of nitrogens with zero attached hydrogens (tertiary/aromatic N) is 1. The largest absolute Gasteiger partial charge is 0.483 e. The maximum absolute atomic E-state index is 12.9. The number of fused-ring (bicyclic) bond motifs is 1. The molecule has 1 atom stereocenters. The average Bonchev–Trinajstić information content (AvgIpc) is 2.73. The van der Waals surface area contributed by atoms with Crippen molar-refractivity contribution in [2.45, 2.75) is 26.9 Å². The Balaban J connectivity index is 1.77. The number of amides is 1. The van der Waals surface area contributed by atoms with Crippen molar-refractivity contribution in [2.24, 2.45) is 0 Å². The van der Waals surface area contributed by atoms with Crippen LogP contribution >= 0.6 is 0 Å². The molecule has 0 aliphatic carbocycles. The fourth-order valence-corrected chi connectivity index (χ4v) is 3.11. The van der Waals surface area contributed by atoms with Gasteiger partial charge in [-0.3, -0.25) is 9.59 Å². The summed E-state index contributed by atoms with van der Waals surface area (Å²) < 4.78 is 16.2. The molecule has 1 heterocycles. The molecule has 0 radical (unpaired) electrons. The standard InChI is InChI=1S/C22H23NO6/c1-4-23-18-12-15(9-10-19(18)28-13-20(23)24)21(25)14(3)29-17-8-6-7-16(11-17)22(26)27-5-2/h6-12,14H,4-5,13H2,1-3H3. The fourth-order valence-electron chi connectivity index (χ4n) is 3.11. The number of ether oxygens (including phenoxy) is 3. The van der Waals surface area contributed by atoms with Gasteiger partial charge in [0, 0.05) is 12.1 Å². The average molecular weight is 397 g/mol. The minimum absolute atomic E-state index is 0.00947. The molecule has 152 valence electrons. The number of hydrogen-bond acceptors (Lipinski definition) is 6. The zero-order valence-electron chi connectivity index (χ0n) is 16.6. The van der Waals surface area contributed by atoms with Crippen molar-refractivity contribution < 1.29 is 28.6 Å². The highest BCUT2D eigenvalue weighted by atomic mass is 16.5. The third kappa shape index (κ3) is 4.39. The Hall–Kier alpha value is -3.35. The third-order valence-electron chi connectivity index (χ3n) is 4.53. The molecular weight excluding hydrogens is 374 g/mol. The molecule has 0 bridgehead atoms. The Bertz CT molecular complexity index is 939. The quantitative estimate of drug-likeness (QED) is 0.527. The van der Waals surface area contributed by atoms with E-state index >= 15 is 0 Å². The van der Waals surface area contributed by atoms with Gasteiger partial charge >= 0.3 is 5.97 Å². The lowest BCUT2D eigenvalue weighted by Crippen LogP contribution is -2.38. The van der Waals surface area contributed by atoms with Gasteiger partial charge in [0.2, 0.25) is 5.78 Å². The van der Waals surface area contributed by atoms with Gasteiger partial charge in [0.25, 0.3) is 5.91 Å². The van der Waals surface area contributed by atoms with Crippen molar-refractivity contribution in [3.63, 3.8) is 0 Å². The maximum Gasteiger partial charge on any atom is 0.338 e. The van der Waals surface area contributed by atoms with E-state index in [4.69, 9.17) is 14.2 Å². The zero-order valence-corrected chi connectivity index (χ0v) is 16.6. The van der Waals surface area contributed by atoms with Crippen LogP contribution in [0, 0.1) is 0 Å². The van der Waals surface area contributed by atoms with Crippen LogP contribution in [0.1, 0.15) is 41.5 Å². The van der Waals surface area contributed by atoms with Crippen LogP contribution < -0.4 is 14.4 Å². The number of Topliss-reactive ketones (excluding diaryl/α,β-unsaturated/α-hetero) is 1. The fraction of sp³-hybridized carbons (Fsp3) is 0.318. The van der Waals surface area contributed by atoms with E-state index in [0.717, 1.165) is 0 Å². The molecule has 7 heteroatoms. The second kappa shape index (κ2) is 8.77. The van der Waals surface area contributed by atoms with Crippen molar-refractivity contribution in [1.82, 2.24) is 0 Å². The number of anilines is 1. The summed E-state index contributed by atoms with van der Waals surface area (Å²) in [5, 5.41) is 0. The van der Waals surface area contributed by atoms with Gasteiger partial charge in [-0.15, -0.1) is 0 Å². The summed E-state index contributed by atoms with van der Waals surface area (Å²) in [4.78, 5) is 38.4. The van der Waals surface area contributed by atoms with Crippen LogP contribution in [0.5, 0.6) is 11.5 Å². The van der Waals surface area contributed by atoms with Crippen LogP contribution in [0.2, 0.25) is 0 Å². The number of esters is 1. The molecule has 29 heavy (non-hydrogen) atoms. The molecular formula is C22H23NO6. The summed E-state index contributed by atoms with van der Waals surface area (Å²) in [6, 6.07) is 11.5. The summed E-state index contributed by atoms with van der Waals surface area (Å²) in [6.45, 7) is 5.99. The second-order valence-corrected chi connectivity index (χ2v) is 6.48. The summed E-state index contributed by atoms with van der Waals surface area (Å²) in [7, 11) is 0. The van der Waals surface area contributed by atoms with Gasteiger partial charge in [0.15, 0.2) is 12.7 Å². The lowest BCUT2D eigenvalue weighted by atomic mass is 10.0. The lowest BCUT2D eigenvalue weighted by molar-refractivity contribution is -0.121. The molecule has 0 aromatic heterocycles. The summed E-state index contributed by atoms with van der Waals surface area (Å²) in [5.74, 6) is 0.116. The van der Waals surface area contributed by atoms with Gasteiger partial charge in [-0.1, -0.05) is 6.07 Å². The van der Waals surface area contributed by atoms with E-state index < -0.39 is 12.1 Å². The Morgan fingerprint density at radius 1 is 1.14 bits per heavy atom. The molecule has 1 aliphatic rings. The second-order valence-electron chi connectivity index (χ2n) is 6.48. The first-order valence-electron chi connectivity index (χ1n) is 9.49. The number of hydrogen-bond donors (Lipinski definition) is 0. The Morgan fingerprint density at radius 3 is 2.66 bits per heavy atom.